The third kappa shape index (κ3) is 6.81. The van der Waals surface area contributed by atoms with E-state index in [1.807, 2.05) is 43.3 Å². The number of rotatable bonds is 10. The number of nitrogens with one attached hydrogen (secondary N) is 1. The summed E-state index contributed by atoms with van der Waals surface area (Å²) in [5, 5.41) is 0. The van der Waals surface area contributed by atoms with E-state index in [0.717, 1.165) is 30.4 Å². The average molecular weight is 390 g/mol. The molecule has 0 radical (unpaired) electrons. The average Bonchev–Trinajstić information content (AvgIpc) is 2.67. The third-order valence-corrected chi connectivity index (χ3v) is 5.87. The summed E-state index contributed by atoms with van der Waals surface area (Å²) in [5.41, 5.74) is 1.83. The molecule has 2 aromatic rings. The fourth-order valence-electron chi connectivity index (χ4n) is 2.91. The van der Waals surface area contributed by atoms with E-state index in [4.69, 9.17) is 0 Å². The quantitative estimate of drug-likeness (QED) is 0.490. The number of esters is 1. The van der Waals surface area contributed by atoms with Gasteiger partial charge in [-0.3, -0.25) is 4.79 Å². The summed E-state index contributed by atoms with van der Waals surface area (Å²) in [4.78, 5) is 11.5. The summed E-state index contributed by atoms with van der Waals surface area (Å²) in [7, 11) is -2.23. The molecule has 5 nitrogen and oxygen atoms in total. The van der Waals surface area contributed by atoms with Crippen LogP contribution >= 0.6 is 0 Å². The van der Waals surface area contributed by atoms with Crippen LogP contribution in [0.3, 0.4) is 0 Å². The van der Waals surface area contributed by atoms with Gasteiger partial charge in [0.15, 0.2) is 0 Å². The minimum atomic E-state index is -3.61. The lowest BCUT2D eigenvalue weighted by Gasteiger charge is -2.19. The third-order valence-electron chi connectivity index (χ3n) is 4.40. The van der Waals surface area contributed by atoms with Crippen molar-refractivity contribution >= 4 is 16.0 Å². The van der Waals surface area contributed by atoms with E-state index < -0.39 is 10.0 Å². The highest BCUT2D eigenvalue weighted by atomic mass is 32.2. The number of sulfonamides is 1. The van der Waals surface area contributed by atoms with E-state index in [9.17, 15) is 13.2 Å². The number of benzene rings is 2. The second-order valence-electron chi connectivity index (χ2n) is 6.58. The predicted octanol–water partition coefficient (Wildman–Crippen LogP) is 4.14. The fourth-order valence-corrected chi connectivity index (χ4v) is 4.28. The van der Waals surface area contributed by atoms with E-state index in [1.165, 1.54) is 7.11 Å². The molecule has 0 aliphatic carbocycles. The maximum Gasteiger partial charge on any atom is 0.305 e. The Kier molecular flexibility index (Phi) is 8.00. The Balaban J connectivity index is 2.06. The molecule has 2 aromatic carbocycles. The molecule has 0 spiro atoms. The number of carbonyl (C=O) groups is 1. The van der Waals surface area contributed by atoms with Crippen LogP contribution in [0.5, 0.6) is 0 Å². The van der Waals surface area contributed by atoms with Gasteiger partial charge in [-0.05, 0) is 43.0 Å². The van der Waals surface area contributed by atoms with Crippen LogP contribution in [-0.4, -0.2) is 21.5 Å². The lowest BCUT2D eigenvalue weighted by Crippen LogP contribution is -2.28. The molecule has 2 rings (SSSR count). The number of aryl methyl sites for hydroxylation is 1. The second-order valence-corrected chi connectivity index (χ2v) is 8.29. The first kappa shape index (κ1) is 21.1. The first-order chi connectivity index (χ1) is 12.9. The van der Waals surface area contributed by atoms with E-state index in [1.54, 1.807) is 18.2 Å². The smallest absolute Gasteiger partial charge is 0.305 e. The molecule has 1 N–H and O–H groups in total. The van der Waals surface area contributed by atoms with Gasteiger partial charge in [0.1, 0.15) is 0 Å². The molecule has 0 heterocycles. The molecule has 1 atom stereocenters. The van der Waals surface area contributed by atoms with Gasteiger partial charge in [0, 0.05) is 12.5 Å². The normalized spacial score (nSPS) is 12.5. The fraction of sp³-hybridized carbons (Fsp3) is 0.381. The Hall–Kier alpha value is -2.18. The first-order valence-corrected chi connectivity index (χ1v) is 10.6. The molecule has 0 aliphatic rings. The number of hydrogen-bond donors (Lipinski definition) is 1. The highest BCUT2D eigenvalue weighted by Gasteiger charge is 2.21. The summed E-state index contributed by atoms with van der Waals surface area (Å²) in [6.07, 6.45) is 3.44. The maximum atomic E-state index is 12.8. The van der Waals surface area contributed by atoms with Crippen molar-refractivity contribution in [2.75, 3.05) is 7.11 Å². The topological polar surface area (TPSA) is 72.5 Å². The van der Waals surface area contributed by atoms with Gasteiger partial charge in [0.25, 0.3) is 0 Å². The van der Waals surface area contributed by atoms with Gasteiger partial charge < -0.3 is 4.74 Å². The molecular formula is C21H27NO4S. The van der Waals surface area contributed by atoms with E-state index in [2.05, 4.69) is 9.46 Å². The highest BCUT2D eigenvalue weighted by molar-refractivity contribution is 7.89. The molecule has 0 aromatic heterocycles. The monoisotopic (exact) mass is 389 g/mol. The van der Waals surface area contributed by atoms with Gasteiger partial charge >= 0.3 is 5.97 Å². The number of methoxy groups -OCH3 is 1. The van der Waals surface area contributed by atoms with Crippen LogP contribution in [0.15, 0.2) is 59.5 Å². The summed E-state index contributed by atoms with van der Waals surface area (Å²) in [6, 6.07) is 16.1. The summed E-state index contributed by atoms with van der Waals surface area (Å²) in [5.74, 6) is -0.213. The van der Waals surface area contributed by atoms with Crippen LogP contribution in [0.2, 0.25) is 0 Å². The number of carbonyl (C=O) groups excluding carboxylic acids is 1. The summed E-state index contributed by atoms with van der Waals surface area (Å²) in [6.45, 7) is 1.87. The standard InChI is InChI=1S/C21H27NO4S/c1-17-10-9-13-19(16-17)27(24,25)22-20(18-11-5-3-6-12-18)14-7-4-8-15-21(23)26-2/h3,5-6,9-13,16,20,22H,4,7-8,14-15H2,1-2H3. The van der Waals surface area contributed by atoms with Crippen molar-refractivity contribution < 1.29 is 17.9 Å². The number of ether oxygens (including phenoxy) is 1. The summed E-state index contributed by atoms with van der Waals surface area (Å²) >= 11 is 0. The lowest BCUT2D eigenvalue weighted by molar-refractivity contribution is -0.140. The number of hydrogen-bond acceptors (Lipinski definition) is 4. The van der Waals surface area contributed by atoms with Crippen molar-refractivity contribution in [1.82, 2.24) is 4.72 Å². The zero-order chi connectivity index (χ0) is 19.7. The molecule has 1 unspecified atom stereocenters. The van der Waals surface area contributed by atoms with E-state index in [-0.39, 0.29) is 16.9 Å². The predicted molar refractivity (Wildman–Crippen MR) is 106 cm³/mol. The van der Waals surface area contributed by atoms with Crippen molar-refractivity contribution in [3.8, 4) is 0 Å². The molecule has 0 bridgehead atoms. The number of unbranched alkanes of at least 4 members (excludes halogenated alkanes) is 2. The van der Waals surface area contributed by atoms with E-state index >= 15 is 0 Å². The van der Waals surface area contributed by atoms with Gasteiger partial charge in [-0.2, -0.15) is 0 Å². The zero-order valence-corrected chi connectivity index (χ0v) is 16.7. The molecule has 0 amide bonds. The van der Waals surface area contributed by atoms with Crippen molar-refractivity contribution in [1.29, 1.82) is 0 Å². The van der Waals surface area contributed by atoms with Crippen molar-refractivity contribution in [2.24, 2.45) is 0 Å². The lowest BCUT2D eigenvalue weighted by atomic mass is 10.0. The second kappa shape index (κ2) is 10.2. The molecule has 0 saturated carbocycles. The molecule has 27 heavy (non-hydrogen) atoms. The van der Waals surface area contributed by atoms with Crippen LogP contribution in [0, 0.1) is 6.92 Å². The largest absolute Gasteiger partial charge is 0.469 e. The zero-order valence-electron chi connectivity index (χ0n) is 15.9. The molecule has 0 fully saturated rings. The van der Waals surface area contributed by atoms with Crippen LogP contribution < -0.4 is 4.72 Å². The van der Waals surface area contributed by atoms with Crippen molar-refractivity contribution in [3.05, 3.63) is 65.7 Å². The minimum Gasteiger partial charge on any atom is -0.469 e. The van der Waals surface area contributed by atoms with Crippen molar-refractivity contribution in [3.63, 3.8) is 0 Å². The molecule has 6 heteroatoms. The molecule has 0 saturated heterocycles. The van der Waals surface area contributed by atoms with Gasteiger partial charge in [0.05, 0.1) is 12.0 Å². The van der Waals surface area contributed by atoms with Crippen LogP contribution in [0.25, 0.3) is 0 Å². The van der Waals surface area contributed by atoms with Crippen LogP contribution in [-0.2, 0) is 19.6 Å². The minimum absolute atomic E-state index is 0.213. The Morgan fingerprint density at radius 1 is 1.04 bits per heavy atom. The van der Waals surface area contributed by atoms with Gasteiger partial charge in [-0.25, -0.2) is 13.1 Å². The Labute approximate surface area is 161 Å². The molecular weight excluding hydrogens is 362 g/mol. The van der Waals surface area contributed by atoms with Gasteiger partial charge in [-0.15, -0.1) is 0 Å². The van der Waals surface area contributed by atoms with E-state index in [0.29, 0.717) is 12.8 Å². The highest BCUT2D eigenvalue weighted by Crippen LogP contribution is 2.23. The Morgan fingerprint density at radius 2 is 1.78 bits per heavy atom. The summed E-state index contributed by atoms with van der Waals surface area (Å²) < 4.78 is 33.1. The molecule has 146 valence electrons. The molecule has 0 aliphatic heterocycles. The Morgan fingerprint density at radius 3 is 2.44 bits per heavy atom. The van der Waals surface area contributed by atoms with Crippen LogP contribution in [0.4, 0.5) is 0 Å². The van der Waals surface area contributed by atoms with Gasteiger partial charge in [-0.1, -0.05) is 55.3 Å². The van der Waals surface area contributed by atoms with Gasteiger partial charge in [0.2, 0.25) is 10.0 Å². The maximum absolute atomic E-state index is 12.8. The first-order valence-electron chi connectivity index (χ1n) is 9.13. The SMILES string of the molecule is COC(=O)CCCCCC(NS(=O)(=O)c1cccc(C)c1)c1ccccc1. The Bertz CT molecular complexity index is 834. The van der Waals surface area contributed by atoms with Crippen molar-refractivity contribution in [2.45, 2.75) is 50.0 Å². The van der Waals surface area contributed by atoms with Crippen LogP contribution in [0.1, 0.15) is 49.3 Å².